The summed E-state index contributed by atoms with van der Waals surface area (Å²) in [6, 6.07) is 57.3. The van der Waals surface area contributed by atoms with E-state index < -0.39 is 5.41 Å². The monoisotopic (exact) mass is 499 g/mol. The first-order valence-corrected chi connectivity index (χ1v) is 13.5. The van der Waals surface area contributed by atoms with E-state index >= 15 is 0 Å². The summed E-state index contributed by atoms with van der Waals surface area (Å²) in [7, 11) is 0. The van der Waals surface area contributed by atoms with Crippen molar-refractivity contribution in [3.05, 3.63) is 186 Å². The first kappa shape index (κ1) is 23.3. The van der Waals surface area contributed by atoms with Crippen LogP contribution in [-0.4, -0.2) is 0 Å². The number of hydrogen-bond donors (Lipinski definition) is 0. The molecule has 0 fully saturated rings. The Morgan fingerprint density at radius 2 is 0.949 bits per heavy atom. The van der Waals surface area contributed by atoms with Crippen molar-refractivity contribution in [1.82, 2.24) is 0 Å². The molecule has 0 amide bonds. The van der Waals surface area contributed by atoms with Gasteiger partial charge >= 0.3 is 0 Å². The molecular weight excluding hydrogens is 470 g/mol. The van der Waals surface area contributed by atoms with Crippen LogP contribution in [0.2, 0.25) is 0 Å². The number of para-hydroxylation sites is 1. The van der Waals surface area contributed by atoms with Crippen LogP contribution in [0.3, 0.4) is 0 Å². The van der Waals surface area contributed by atoms with Crippen molar-refractivity contribution >= 4 is 17.1 Å². The molecule has 6 aromatic rings. The van der Waals surface area contributed by atoms with Crippen molar-refractivity contribution in [3.63, 3.8) is 0 Å². The smallest absolute Gasteiger partial charge is 0.0742 e. The zero-order valence-electron chi connectivity index (χ0n) is 22.0. The van der Waals surface area contributed by atoms with Gasteiger partial charge in [0.1, 0.15) is 0 Å². The Morgan fingerprint density at radius 3 is 1.59 bits per heavy atom. The highest BCUT2D eigenvalue weighted by molar-refractivity contribution is 5.90. The Bertz CT molecular complexity index is 1700. The summed E-state index contributed by atoms with van der Waals surface area (Å²) in [6.07, 6.45) is 0. The van der Waals surface area contributed by atoms with Crippen molar-refractivity contribution < 1.29 is 0 Å². The lowest BCUT2D eigenvalue weighted by Crippen LogP contribution is -2.37. The molecule has 0 saturated heterocycles. The molecule has 0 unspecified atom stereocenters. The average Bonchev–Trinajstić information content (AvgIpc) is 3.01. The molecule has 0 bridgehead atoms. The standard InChI is InChI=1S/C38H29N/c1-28-21-26-37-35(27-28)38(31-15-7-3-8-16-31,32-17-9-4-10-18-32)34-19-11-12-20-36(34)39(37)33-24-22-30(23-25-33)29-13-5-2-6-14-29/h2-27H,1H3. The molecule has 0 aromatic heterocycles. The fraction of sp³-hybridized carbons (Fsp3) is 0.0526. The third-order valence-corrected chi connectivity index (χ3v) is 7.99. The van der Waals surface area contributed by atoms with E-state index in [0.717, 1.165) is 5.69 Å². The van der Waals surface area contributed by atoms with Crippen molar-refractivity contribution in [2.45, 2.75) is 12.3 Å². The minimum absolute atomic E-state index is 0.444. The van der Waals surface area contributed by atoms with E-state index in [-0.39, 0.29) is 0 Å². The summed E-state index contributed by atoms with van der Waals surface area (Å²) in [4.78, 5) is 2.43. The van der Waals surface area contributed by atoms with Gasteiger partial charge in [-0.15, -0.1) is 0 Å². The highest BCUT2D eigenvalue weighted by atomic mass is 15.2. The number of nitrogens with zero attached hydrogens (tertiary/aromatic N) is 1. The van der Waals surface area contributed by atoms with Gasteiger partial charge in [-0.2, -0.15) is 0 Å². The van der Waals surface area contributed by atoms with E-state index in [1.807, 2.05) is 0 Å². The number of hydrogen-bond acceptors (Lipinski definition) is 1. The second-order valence-corrected chi connectivity index (χ2v) is 10.3. The van der Waals surface area contributed by atoms with E-state index in [2.05, 4.69) is 170 Å². The number of rotatable bonds is 4. The molecular formula is C38H29N. The van der Waals surface area contributed by atoms with Crippen LogP contribution in [0.5, 0.6) is 0 Å². The van der Waals surface area contributed by atoms with E-state index in [9.17, 15) is 0 Å². The van der Waals surface area contributed by atoms with Crippen LogP contribution in [0.25, 0.3) is 11.1 Å². The fourth-order valence-electron chi connectivity index (χ4n) is 6.28. The highest BCUT2D eigenvalue weighted by Gasteiger charge is 2.46. The quantitative estimate of drug-likeness (QED) is 0.233. The van der Waals surface area contributed by atoms with E-state index in [0.29, 0.717) is 0 Å². The lowest BCUT2D eigenvalue weighted by molar-refractivity contribution is 0.730. The van der Waals surface area contributed by atoms with Gasteiger partial charge in [-0.1, -0.05) is 139 Å². The van der Waals surface area contributed by atoms with Crippen LogP contribution in [0.1, 0.15) is 27.8 Å². The molecule has 0 N–H and O–H groups in total. The van der Waals surface area contributed by atoms with Gasteiger partial charge < -0.3 is 4.90 Å². The Morgan fingerprint density at radius 1 is 0.436 bits per heavy atom. The zero-order chi connectivity index (χ0) is 26.2. The van der Waals surface area contributed by atoms with Crippen molar-refractivity contribution in [1.29, 1.82) is 0 Å². The predicted octanol–water partition coefficient (Wildman–Crippen LogP) is 9.83. The molecule has 1 aliphatic heterocycles. The summed E-state index contributed by atoms with van der Waals surface area (Å²) >= 11 is 0. The molecule has 0 aliphatic carbocycles. The Kier molecular flexibility index (Phi) is 5.64. The summed E-state index contributed by atoms with van der Waals surface area (Å²) in [5.74, 6) is 0. The minimum Gasteiger partial charge on any atom is -0.310 e. The molecule has 0 spiro atoms. The summed E-state index contributed by atoms with van der Waals surface area (Å²) in [6.45, 7) is 2.19. The van der Waals surface area contributed by atoms with Crippen molar-refractivity contribution in [2.24, 2.45) is 0 Å². The van der Waals surface area contributed by atoms with Crippen molar-refractivity contribution in [2.75, 3.05) is 4.90 Å². The second-order valence-electron chi connectivity index (χ2n) is 10.3. The van der Waals surface area contributed by atoms with Crippen molar-refractivity contribution in [3.8, 4) is 11.1 Å². The Labute approximate surface area is 230 Å². The third kappa shape index (κ3) is 3.70. The molecule has 39 heavy (non-hydrogen) atoms. The van der Waals surface area contributed by atoms with Crippen LogP contribution in [0.4, 0.5) is 17.1 Å². The maximum atomic E-state index is 2.43. The van der Waals surface area contributed by atoms with Gasteiger partial charge in [0.15, 0.2) is 0 Å². The summed E-state index contributed by atoms with van der Waals surface area (Å²) in [5.41, 5.74) is 11.9. The van der Waals surface area contributed by atoms with Gasteiger partial charge in [0.25, 0.3) is 0 Å². The maximum Gasteiger partial charge on any atom is 0.0742 e. The Hall–Kier alpha value is -4.88. The highest BCUT2D eigenvalue weighted by Crippen LogP contribution is 2.57. The average molecular weight is 500 g/mol. The predicted molar refractivity (Wildman–Crippen MR) is 163 cm³/mol. The van der Waals surface area contributed by atoms with E-state index in [4.69, 9.17) is 0 Å². The Balaban J connectivity index is 1.52. The third-order valence-electron chi connectivity index (χ3n) is 7.99. The first-order chi connectivity index (χ1) is 19.3. The van der Waals surface area contributed by atoms with Crippen LogP contribution < -0.4 is 4.90 Å². The molecule has 7 rings (SSSR count). The summed E-state index contributed by atoms with van der Waals surface area (Å²) < 4.78 is 0. The normalized spacial score (nSPS) is 13.4. The molecule has 1 heterocycles. The number of fused-ring (bicyclic) bond motifs is 2. The topological polar surface area (TPSA) is 3.24 Å². The van der Waals surface area contributed by atoms with E-state index in [1.54, 1.807) is 0 Å². The van der Waals surface area contributed by atoms with Gasteiger partial charge in [-0.25, -0.2) is 0 Å². The zero-order valence-corrected chi connectivity index (χ0v) is 22.0. The summed E-state index contributed by atoms with van der Waals surface area (Å²) in [5, 5.41) is 0. The molecule has 186 valence electrons. The lowest BCUT2D eigenvalue weighted by atomic mass is 9.62. The van der Waals surface area contributed by atoms with Crippen LogP contribution in [0.15, 0.2) is 158 Å². The van der Waals surface area contributed by atoms with Gasteiger partial charge in [-0.3, -0.25) is 0 Å². The molecule has 1 heteroatoms. The number of benzene rings is 6. The fourth-order valence-corrected chi connectivity index (χ4v) is 6.28. The molecule has 1 aliphatic rings. The lowest BCUT2D eigenvalue weighted by Gasteiger charge is -2.46. The van der Waals surface area contributed by atoms with Gasteiger partial charge in [0.05, 0.1) is 16.8 Å². The maximum absolute atomic E-state index is 2.43. The van der Waals surface area contributed by atoms with E-state index in [1.165, 1.54) is 50.3 Å². The molecule has 0 atom stereocenters. The number of aryl methyl sites for hydroxylation is 1. The molecule has 1 nitrogen and oxygen atoms in total. The SMILES string of the molecule is Cc1ccc2c(c1)C(c1ccccc1)(c1ccccc1)c1ccccc1N2c1ccc(-c2ccccc2)cc1. The minimum atomic E-state index is -0.444. The first-order valence-electron chi connectivity index (χ1n) is 13.5. The van der Waals surface area contributed by atoms with Gasteiger partial charge in [0, 0.05) is 5.69 Å². The van der Waals surface area contributed by atoms with Gasteiger partial charge in [0.2, 0.25) is 0 Å². The van der Waals surface area contributed by atoms with Crippen LogP contribution in [-0.2, 0) is 5.41 Å². The molecule has 0 saturated carbocycles. The largest absolute Gasteiger partial charge is 0.310 e. The number of anilines is 3. The second kappa shape index (κ2) is 9.45. The van der Waals surface area contributed by atoms with Crippen LogP contribution in [0, 0.1) is 6.92 Å². The molecule has 0 radical (unpaired) electrons. The van der Waals surface area contributed by atoms with Gasteiger partial charge in [-0.05, 0) is 64.6 Å². The van der Waals surface area contributed by atoms with Crippen LogP contribution >= 0.6 is 0 Å². The molecule has 6 aromatic carbocycles.